The summed E-state index contributed by atoms with van der Waals surface area (Å²) in [5.41, 5.74) is 2.00. The number of hydrogen-bond acceptors (Lipinski definition) is 6. The van der Waals surface area contributed by atoms with E-state index in [-0.39, 0.29) is 29.3 Å². The maximum Gasteiger partial charge on any atom is 0.311 e. The Labute approximate surface area is 201 Å². The number of anilines is 1. The van der Waals surface area contributed by atoms with Crippen LogP contribution in [0, 0.1) is 20.2 Å². The number of nitro groups is 2. The number of carbonyl (C=O) groups excluding carboxylic acids is 1. The van der Waals surface area contributed by atoms with Crippen LogP contribution in [0.2, 0.25) is 0 Å². The van der Waals surface area contributed by atoms with Crippen molar-refractivity contribution in [2.75, 3.05) is 5.32 Å². The molecule has 1 aliphatic heterocycles. The molecular formula is C26H23N3O6. The first-order valence-electron chi connectivity index (χ1n) is 10.9. The third-order valence-electron chi connectivity index (χ3n) is 5.63. The fourth-order valence-corrected chi connectivity index (χ4v) is 3.89. The number of fused-ring (bicyclic) bond motifs is 1. The zero-order chi connectivity index (χ0) is 25.3. The van der Waals surface area contributed by atoms with Gasteiger partial charge in [-0.2, -0.15) is 0 Å². The molecule has 1 heterocycles. The summed E-state index contributed by atoms with van der Waals surface area (Å²) in [7, 11) is 0. The minimum atomic E-state index is -0.540. The SMILES string of the molecule is CC(C)(C)c1cc(C=C2C(=O)Nc3ccc([N+](=O)[O-])cc32)cc([N+](=O)[O-])c1OCc1ccccc1. The fourth-order valence-electron chi connectivity index (χ4n) is 3.89. The molecular weight excluding hydrogens is 450 g/mol. The van der Waals surface area contributed by atoms with Crippen molar-refractivity contribution < 1.29 is 19.4 Å². The zero-order valence-electron chi connectivity index (χ0n) is 19.4. The van der Waals surface area contributed by atoms with Gasteiger partial charge in [0.05, 0.1) is 9.85 Å². The van der Waals surface area contributed by atoms with Crippen molar-refractivity contribution in [3.63, 3.8) is 0 Å². The molecule has 3 aromatic carbocycles. The molecule has 4 rings (SSSR count). The molecule has 9 heteroatoms. The van der Waals surface area contributed by atoms with E-state index in [1.807, 2.05) is 51.1 Å². The molecule has 0 aliphatic carbocycles. The number of non-ortho nitro benzene ring substituents is 1. The molecule has 0 saturated heterocycles. The van der Waals surface area contributed by atoms with E-state index in [1.54, 1.807) is 6.07 Å². The number of ether oxygens (including phenoxy) is 1. The largest absolute Gasteiger partial charge is 0.482 e. The molecule has 3 aromatic rings. The highest BCUT2D eigenvalue weighted by Crippen LogP contribution is 2.42. The number of benzene rings is 3. The first kappa shape index (κ1) is 23.6. The molecule has 1 aliphatic rings. The second-order valence-electron chi connectivity index (χ2n) is 9.20. The molecule has 0 atom stereocenters. The molecule has 0 spiro atoms. The third-order valence-corrected chi connectivity index (χ3v) is 5.63. The summed E-state index contributed by atoms with van der Waals surface area (Å²) < 4.78 is 5.97. The first-order chi connectivity index (χ1) is 16.5. The van der Waals surface area contributed by atoms with Gasteiger partial charge in [0.1, 0.15) is 6.61 Å². The fraction of sp³-hybridized carbons (Fsp3) is 0.192. The molecule has 0 radical (unpaired) electrons. The van der Waals surface area contributed by atoms with Gasteiger partial charge in [0.2, 0.25) is 5.75 Å². The van der Waals surface area contributed by atoms with Gasteiger partial charge in [0.25, 0.3) is 11.6 Å². The average Bonchev–Trinajstić information content (AvgIpc) is 3.11. The predicted molar refractivity (Wildman–Crippen MR) is 132 cm³/mol. The number of rotatable bonds is 6. The van der Waals surface area contributed by atoms with Crippen LogP contribution in [0.1, 0.15) is 43.0 Å². The van der Waals surface area contributed by atoms with E-state index in [2.05, 4.69) is 5.32 Å². The summed E-state index contributed by atoms with van der Waals surface area (Å²) in [5.74, 6) is -0.273. The molecule has 0 fully saturated rings. The van der Waals surface area contributed by atoms with Crippen molar-refractivity contribution in [2.45, 2.75) is 32.8 Å². The third kappa shape index (κ3) is 4.89. The lowest BCUT2D eigenvalue weighted by Gasteiger charge is -2.23. The van der Waals surface area contributed by atoms with Crippen LogP contribution in [-0.4, -0.2) is 15.8 Å². The van der Waals surface area contributed by atoms with Crippen molar-refractivity contribution in [2.24, 2.45) is 0 Å². The van der Waals surface area contributed by atoms with Gasteiger partial charge in [0, 0.05) is 40.6 Å². The average molecular weight is 473 g/mol. The van der Waals surface area contributed by atoms with Gasteiger partial charge in [-0.3, -0.25) is 25.0 Å². The second-order valence-corrected chi connectivity index (χ2v) is 9.20. The summed E-state index contributed by atoms with van der Waals surface area (Å²) in [6, 6.07) is 16.5. The summed E-state index contributed by atoms with van der Waals surface area (Å²) >= 11 is 0. The van der Waals surface area contributed by atoms with E-state index in [0.717, 1.165) is 5.56 Å². The van der Waals surface area contributed by atoms with Gasteiger partial charge < -0.3 is 10.1 Å². The summed E-state index contributed by atoms with van der Waals surface area (Å²) in [6.45, 7) is 5.91. The van der Waals surface area contributed by atoms with Crippen molar-refractivity contribution in [3.8, 4) is 5.75 Å². The molecule has 0 saturated carbocycles. The van der Waals surface area contributed by atoms with Crippen LogP contribution in [0.25, 0.3) is 11.6 Å². The maximum absolute atomic E-state index is 12.6. The smallest absolute Gasteiger partial charge is 0.311 e. The minimum absolute atomic E-state index is 0.155. The van der Waals surface area contributed by atoms with E-state index in [9.17, 15) is 25.0 Å². The van der Waals surface area contributed by atoms with Crippen molar-refractivity contribution >= 4 is 34.6 Å². The maximum atomic E-state index is 12.6. The minimum Gasteiger partial charge on any atom is -0.482 e. The highest BCUT2D eigenvalue weighted by molar-refractivity contribution is 6.35. The molecule has 1 N–H and O–H groups in total. The van der Waals surface area contributed by atoms with Crippen LogP contribution in [0.15, 0.2) is 60.7 Å². The van der Waals surface area contributed by atoms with Gasteiger partial charge in [-0.05, 0) is 34.8 Å². The number of amides is 1. The van der Waals surface area contributed by atoms with E-state index in [0.29, 0.717) is 22.4 Å². The molecule has 0 aromatic heterocycles. The Kier molecular flexibility index (Phi) is 6.09. The summed E-state index contributed by atoms with van der Waals surface area (Å²) in [5, 5.41) is 25.9. The van der Waals surface area contributed by atoms with E-state index >= 15 is 0 Å². The van der Waals surface area contributed by atoms with E-state index in [1.165, 1.54) is 30.3 Å². The van der Waals surface area contributed by atoms with Gasteiger partial charge >= 0.3 is 5.69 Å². The monoisotopic (exact) mass is 473 g/mol. The van der Waals surface area contributed by atoms with Crippen LogP contribution in [-0.2, 0) is 16.8 Å². The predicted octanol–water partition coefficient (Wildman–Crippen LogP) is 5.87. The standard InChI is InChI=1S/C26H23N3O6/c1-26(2,3)21-12-17(11-20-19-14-18(28(31)32)9-10-22(19)27-25(20)30)13-23(29(33)34)24(21)35-15-16-7-5-4-6-8-16/h4-14H,15H2,1-3H3,(H,27,30). The van der Waals surface area contributed by atoms with Crippen LogP contribution in [0.5, 0.6) is 5.75 Å². The summed E-state index contributed by atoms with van der Waals surface area (Å²) in [6.07, 6.45) is 1.51. The second kappa shape index (κ2) is 9.02. The van der Waals surface area contributed by atoms with Gasteiger partial charge in [-0.1, -0.05) is 51.1 Å². The zero-order valence-corrected chi connectivity index (χ0v) is 19.4. The number of hydrogen-bond donors (Lipinski definition) is 1. The number of carbonyl (C=O) groups is 1. The Morgan fingerprint density at radius 3 is 2.31 bits per heavy atom. The Morgan fingerprint density at radius 2 is 1.69 bits per heavy atom. The van der Waals surface area contributed by atoms with Gasteiger partial charge in [-0.25, -0.2) is 0 Å². The molecule has 35 heavy (non-hydrogen) atoms. The molecule has 1 amide bonds. The lowest BCUT2D eigenvalue weighted by atomic mass is 9.84. The molecule has 9 nitrogen and oxygen atoms in total. The van der Waals surface area contributed by atoms with E-state index < -0.39 is 21.2 Å². The molecule has 0 bridgehead atoms. The molecule has 178 valence electrons. The van der Waals surface area contributed by atoms with Crippen LogP contribution < -0.4 is 10.1 Å². The molecule has 0 unspecified atom stereocenters. The van der Waals surface area contributed by atoms with Crippen molar-refractivity contribution in [1.82, 2.24) is 0 Å². The van der Waals surface area contributed by atoms with Gasteiger partial charge in [-0.15, -0.1) is 0 Å². The highest BCUT2D eigenvalue weighted by Gasteiger charge is 2.30. The van der Waals surface area contributed by atoms with Crippen LogP contribution >= 0.6 is 0 Å². The van der Waals surface area contributed by atoms with E-state index in [4.69, 9.17) is 4.74 Å². The lowest BCUT2D eigenvalue weighted by Crippen LogP contribution is -2.15. The lowest BCUT2D eigenvalue weighted by molar-refractivity contribution is -0.386. The first-order valence-corrected chi connectivity index (χ1v) is 10.9. The quantitative estimate of drug-likeness (QED) is 0.271. The topological polar surface area (TPSA) is 125 Å². The normalized spacial score (nSPS) is 13.9. The van der Waals surface area contributed by atoms with Gasteiger partial charge in [0.15, 0.2) is 0 Å². The Morgan fingerprint density at radius 1 is 0.971 bits per heavy atom. The van der Waals surface area contributed by atoms with Crippen molar-refractivity contribution in [1.29, 1.82) is 0 Å². The van der Waals surface area contributed by atoms with Crippen molar-refractivity contribution in [3.05, 3.63) is 103 Å². The number of nitrogens with one attached hydrogen (secondary N) is 1. The Hall–Kier alpha value is -4.53. The van der Waals surface area contributed by atoms with Crippen LogP contribution in [0.4, 0.5) is 17.1 Å². The summed E-state index contributed by atoms with van der Waals surface area (Å²) in [4.78, 5) is 34.8. The Bertz CT molecular complexity index is 1370. The van der Waals surface area contributed by atoms with Crippen LogP contribution in [0.3, 0.4) is 0 Å². The number of nitro benzene ring substituents is 2. The Balaban J connectivity index is 1.83. The highest BCUT2D eigenvalue weighted by atomic mass is 16.6. The number of nitrogens with zero attached hydrogens (tertiary/aromatic N) is 2.